The number of pyridine rings is 1. The van der Waals surface area contributed by atoms with Crippen LogP contribution in [0.25, 0.3) is 28.0 Å². The highest BCUT2D eigenvalue weighted by atomic mass is 32.1. The molecule has 0 atom stereocenters. The van der Waals surface area contributed by atoms with Gasteiger partial charge in [0.1, 0.15) is 39.1 Å². The number of thiazole rings is 1. The zero-order chi connectivity index (χ0) is 26.6. The van der Waals surface area contributed by atoms with Gasteiger partial charge in [0, 0.05) is 42.2 Å². The third-order valence-corrected chi connectivity index (χ3v) is 6.82. The van der Waals surface area contributed by atoms with Gasteiger partial charge in [-0.15, -0.1) is 11.3 Å². The fourth-order valence-corrected chi connectivity index (χ4v) is 4.80. The molecule has 1 amide bonds. The molecule has 0 aliphatic heterocycles. The molecule has 5 aromatic rings. The van der Waals surface area contributed by atoms with Gasteiger partial charge in [-0.25, -0.2) is 24.3 Å². The molecule has 0 bridgehead atoms. The van der Waals surface area contributed by atoms with Crippen molar-refractivity contribution in [1.29, 1.82) is 5.26 Å². The molecule has 0 saturated heterocycles. The molecule has 11 heteroatoms. The Morgan fingerprint density at radius 3 is 2.47 bits per heavy atom. The first-order chi connectivity index (χ1) is 18.4. The zero-order valence-electron chi connectivity index (χ0n) is 20.7. The second kappa shape index (κ2) is 10.7. The number of aromatic nitrogens is 5. The van der Waals surface area contributed by atoms with E-state index in [0.29, 0.717) is 28.5 Å². The first-order valence-corrected chi connectivity index (χ1v) is 12.7. The Bertz CT molecular complexity index is 1650. The summed E-state index contributed by atoms with van der Waals surface area (Å²) in [6.07, 6.45) is 6.16. The number of halogens is 1. The highest BCUT2D eigenvalue weighted by Crippen LogP contribution is 2.29. The Labute approximate surface area is 222 Å². The van der Waals surface area contributed by atoms with Crippen LogP contribution in [0.3, 0.4) is 0 Å². The van der Waals surface area contributed by atoms with Gasteiger partial charge in [-0.3, -0.25) is 9.20 Å². The predicted octanol–water partition coefficient (Wildman–Crippen LogP) is 4.74. The number of nitrogens with zero attached hydrogens (tertiary/aromatic N) is 6. The predicted molar refractivity (Wildman–Crippen MR) is 143 cm³/mol. The van der Waals surface area contributed by atoms with Crippen molar-refractivity contribution in [1.82, 2.24) is 29.7 Å². The number of imidazole rings is 1. The molecule has 5 rings (SSSR count). The Hall–Kier alpha value is -4.69. The van der Waals surface area contributed by atoms with E-state index in [-0.39, 0.29) is 18.3 Å². The molecule has 0 spiro atoms. The Balaban J connectivity index is 1.41. The summed E-state index contributed by atoms with van der Waals surface area (Å²) in [4.78, 5) is 29.7. The highest BCUT2D eigenvalue weighted by Gasteiger charge is 2.16. The van der Waals surface area contributed by atoms with Crippen molar-refractivity contribution in [3.63, 3.8) is 0 Å². The van der Waals surface area contributed by atoms with E-state index in [1.165, 1.54) is 30.4 Å². The average Bonchev–Trinajstić information content (AvgIpc) is 3.51. The van der Waals surface area contributed by atoms with Crippen molar-refractivity contribution in [3.8, 4) is 28.5 Å². The summed E-state index contributed by atoms with van der Waals surface area (Å²) in [5.74, 6) is 0.896. The molecule has 0 unspecified atom stereocenters. The van der Waals surface area contributed by atoms with Crippen LogP contribution in [0.4, 0.5) is 10.2 Å². The number of amides is 1. The average molecular weight is 527 g/mol. The molecule has 4 heterocycles. The van der Waals surface area contributed by atoms with Crippen molar-refractivity contribution in [3.05, 3.63) is 82.2 Å². The SMILES string of the molecule is CCc1nc2ccc(-c3cnc(CNC(C)=O)nc3)cn2c1NCc1nc(-c2ccc(F)cc2)c(C#N)s1. The van der Waals surface area contributed by atoms with E-state index in [4.69, 9.17) is 4.98 Å². The topological polar surface area (TPSA) is 121 Å². The van der Waals surface area contributed by atoms with E-state index in [1.807, 2.05) is 29.7 Å². The van der Waals surface area contributed by atoms with Crippen LogP contribution < -0.4 is 10.6 Å². The number of carbonyl (C=O) groups is 1. The normalized spacial score (nSPS) is 10.9. The van der Waals surface area contributed by atoms with E-state index in [9.17, 15) is 14.4 Å². The zero-order valence-corrected chi connectivity index (χ0v) is 21.5. The molecule has 2 N–H and O–H groups in total. The van der Waals surface area contributed by atoms with Crippen molar-refractivity contribution in [2.24, 2.45) is 0 Å². The molecule has 0 saturated carbocycles. The summed E-state index contributed by atoms with van der Waals surface area (Å²) in [5, 5.41) is 16.5. The van der Waals surface area contributed by atoms with Gasteiger partial charge in [-0.1, -0.05) is 6.92 Å². The molecule has 0 fully saturated rings. The standard InChI is InChI=1S/C27H23FN8OS/c1-3-21-27(33-14-25-35-26(22(10-29)38-25)17-4-7-20(28)8-5-17)36-15-18(6-9-24(36)34-21)19-11-31-23(32-12-19)13-30-16(2)37/h4-9,11-12,15,33H,3,13-14H2,1-2H3,(H,30,37). The molecular weight excluding hydrogens is 503 g/mol. The number of nitrogens with one attached hydrogen (secondary N) is 2. The van der Waals surface area contributed by atoms with Crippen molar-refractivity contribution in [2.75, 3.05) is 5.32 Å². The maximum absolute atomic E-state index is 13.4. The first kappa shape index (κ1) is 25.0. The van der Waals surface area contributed by atoms with Gasteiger partial charge in [-0.05, 0) is 42.8 Å². The minimum Gasteiger partial charge on any atom is -0.363 e. The van der Waals surface area contributed by atoms with Crippen LogP contribution in [-0.2, 0) is 24.3 Å². The van der Waals surface area contributed by atoms with E-state index in [1.54, 1.807) is 24.5 Å². The van der Waals surface area contributed by atoms with Gasteiger partial charge in [-0.2, -0.15) is 5.26 Å². The summed E-state index contributed by atoms with van der Waals surface area (Å²) in [6.45, 7) is 4.16. The third-order valence-electron chi connectivity index (χ3n) is 5.86. The molecular formula is C27H23FN8OS. The van der Waals surface area contributed by atoms with Crippen molar-refractivity contribution < 1.29 is 9.18 Å². The van der Waals surface area contributed by atoms with E-state index in [2.05, 4.69) is 31.7 Å². The summed E-state index contributed by atoms with van der Waals surface area (Å²) in [5.41, 5.74) is 4.68. The lowest BCUT2D eigenvalue weighted by Gasteiger charge is -2.08. The molecule has 4 aromatic heterocycles. The number of nitriles is 1. The number of fused-ring (bicyclic) bond motifs is 1. The fraction of sp³-hybridized carbons (Fsp3) is 0.185. The third kappa shape index (κ3) is 5.21. The van der Waals surface area contributed by atoms with Gasteiger partial charge in [0.2, 0.25) is 5.91 Å². The van der Waals surface area contributed by atoms with Crippen LogP contribution in [0, 0.1) is 17.1 Å². The molecule has 1 aromatic carbocycles. The van der Waals surface area contributed by atoms with E-state index in [0.717, 1.165) is 39.7 Å². The summed E-state index contributed by atoms with van der Waals surface area (Å²) in [7, 11) is 0. The van der Waals surface area contributed by atoms with Crippen LogP contribution >= 0.6 is 11.3 Å². The maximum Gasteiger partial charge on any atom is 0.217 e. The van der Waals surface area contributed by atoms with Gasteiger partial charge in [0.15, 0.2) is 0 Å². The minimum atomic E-state index is -0.337. The van der Waals surface area contributed by atoms with Crippen molar-refractivity contribution in [2.45, 2.75) is 33.4 Å². The van der Waals surface area contributed by atoms with Gasteiger partial charge in [0.05, 0.1) is 24.5 Å². The lowest BCUT2D eigenvalue weighted by atomic mass is 10.1. The molecule has 38 heavy (non-hydrogen) atoms. The quantitative estimate of drug-likeness (QED) is 0.300. The Morgan fingerprint density at radius 2 is 1.79 bits per heavy atom. The number of hydrogen-bond acceptors (Lipinski definition) is 8. The smallest absolute Gasteiger partial charge is 0.217 e. The number of anilines is 1. The van der Waals surface area contributed by atoms with Crippen LogP contribution in [-0.4, -0.2) is 30.2 Å². The summed E-state index contributed by atoms with van der Waals surface area (Å²) >= 11 is 1.31. The molecule has 0 aliphatic rings. The second-order valence-electron chi connectivity index (χ2n) is 8.46. The van der Waals surface area contributed by atoms with Crippen LogP contribution in [0.5, 0.6) is 0 Å². The first-order valence-electron chi connectivity index (χ1n) is 11.9. The summed E-state index contributed by atoms with van der Waals surface area (Å²) in [6, 6.07) is 12.1. The van der Waals surface area contributed by atoms with Crippen molar-refractivity contribution >= 4 is 28.7 Å². The van der Waals surface area contributed by atoms with Gasteiger partial charge >= 0.3 is 0 Å². The molecule has 0 aliphatic carbocycles. The number of benzene rings is 1. The Morgan fingerprint density at radius 1 is 1.05 bits per heavy atom. The largest absolute Gasteiger partial charge is 0.363 e. The lowest BCUT2D eigenvalue weighted by Crippen LogP contribution is -2.20. The molecule has 0 radical (unpaired) electrons. The van der Waals surface area contributed by atoms with Crippen LogP contribution in [0.15, 0.2) is 55.0 Å². The lowest BCUT2D eigenvalue weighted by molar-refractivity contribution is -0.119. The number of rotatable bonds is 8. The van der Waals surface area contributed by atoms with E-state index >= 15 is 0 Å². The van der Waals surface area contributed by atoms with Gasteiger partial charge < -0.3 is 10.6 Å². The second-order valence-corrected chi connectivity index (χ2v) is 9.55. The number of carbonyl (C=O) groups excluding carboxylic acids is 1. The van der Waals surface area contributed by atoms with Crippen LogP contribution in [0.1, 0.15) is 35.3 Å². The summed E-state index contributed by atoms with van der Waals surface area (Å²) < 4.78 is 15.3. The number of aryl methyl sites for hydroxylation is 1. The molecule has 9 nitrogen and oxygen atoms in total. The maximum atomic E-state index is 13.4. The van der Waals surface area contributed by atoms with Gasteiger partial charge in [0.25, 0.3) is 0 Å². The monoisotopic (exact) mass is 526 g/mol. The minimum absolute atomic E-state index is 0.136. The number of hydrogen-bond donors (Lipinski definition) is 2. The highest BCUT2D eigenvalue weighted by molar-refractivity contribution is 7.12. The van der Waals surface area contributed by atoms with Crippen LogP contribution in [0.2, 0.25) is 0 Å². The fourth-order valence-electron chi connectivity index (χ4n) is 3.98. The Kier molecular flexibility index (Phi) is 7.06. The van der Waals surface area contributed by atoms with E-state index < -0.39 is 0 Å². The molecule has 190 valence electrons.